The van der Waals surface area contributed by atoms with Crippen LogP contribution in [0.15, 0.2) is 52.2 Å². The van der Waals surface area contributed by atoms with Gasteiger partial charge in [-0.3, -0.25) is 19.1 Å². The maximum absolute atomic E-state index is 13.1. The molecular formula is C24H28N4O3. The molecule has 1 fully saturated rings. The number of nitrogens with one attached hydrogen (secondary N) is 2. The van der Waals surface area contributed by atoms with E-state index in [1.54, 1.807) is 0 Å². The fourth-order valence-electron chi connectivity index (χ4n) is 4.54. The Kier molecular flexibility index (Phi) is 6.30. The van der Waals surface area contributed by atoms with E-state index in [4.69, 9.17) is 0 Å². The van der Waals surface area contributed by atoms with E-state index < -0.39 is 11.2 Å². The standard InChI is InChI=1S/C24H28N4O3/c1-2-12-28-21-19(23(30)27-24(28)31)14-18(15-25-21)22(29)26-20(17-10-6-7-11-17)13-16-8-4-3-5-9-16/h3-5,8-9,14-15,17,20H,2,6-7,10-13H2,1H3,(H,26,29)(H,27,30,31). The fraction of sp³-hybridized carbons (Fsp3) is 0.417. The second-order valence-electron chi connectivity index (χ2n) is 8.32. The minimum atomic E-state index is -0.522. The van der Waals surface area contributed by atoms with Crippen molar-refractivity contribution in [1.82, 2.24) is 19.9 Å². The van der Waals surface area contributed by atoms with E-state index in [2.05, 4.69) is 27.4 Å². The highest BCUT2D eigenvalue weighted by Gasteiger charge is 2.27. The van der Waals surface area contributed by atoms with Crippen molar-refractivity contribution < 1.29 is 4.79 Å². The van der Waals surface area contributed by atoms with Crippen LogP contribution in [0.5, 0.6) is 0 Å². The predicted octanol–water partition coefficient (Wildman–Crippen LogP) is 3.03. The van der Waals surface area contributed by atoms with Crippen LogP contribution in [0.4, 0.5) is 0 Å². The Morgan fingerprint density at radius 2 is 1.97 bits per heavy atom. The molecular weight excluding hydrogens is 392 g/mol. The van der Waals surface area contributed by atoms with E-state index in [-0.39, 0.29) is 17.3 Å². The summed E-state index contributed by atoms with van der Waals surface area (Å²) in [5, 5.41) is 3.45. The summed E-state index contributed by atoms with van der Waals surface area (Å²) in [6, 6.07) is 11.7. The molecule has 31 heavy (non-hydrogen) atoms. The normalized spacial score (nSPS) is 15.3. The monoisotopic (exact) mass is 420 g/mol. The molecule has 1 unspecified atom stereocenters. The minimum absolute atomic E-state index is 0.0282. The number of pyridine rings is 1. The van der Waals surface area contributed by atoms with E-state index in [0.717, 1.165) is 25.7 Å². The van der Waals surface area contributed by atoms with E-state index in [0.29, 0.717) is 23.7 Å². The molecule has 0 radical (unpaired) electrons. The van der Waals surface area contributed by atoms with Gasteiger partial charge in [0, 0.05) is 18.8 Å². The summed E-state index contributed by atoms with van der Waals surface area (Å²) in [4.78, 5) is 44.2. The lowest BCUT2D eigenvalue weighted by Gasteiger charge is -2.25. The van der Waals surface area contributed by atoms with Crippen LogP contribution in [-0.2, 0) is 13.0 Å². The maximum Gasteiger partial charge on any atom is 0.329 e. The van der Waals surface area contributed by atoms with Gasteiger partial charge in [0.1, 0.15) is 5.65 Å². The average Bonchev–Trinajstić information content (AvgIpc) is 3.31. The molecule has 4 rings (SSSR count). The van der Waals surface area contributed by atoms with Crippen LogP contribution < -0.4 is 16.6 Å². The van der Waals surface area contributed by atoms with Gasteiger partial charge in [-0.2, -0.15) is 0 Å². The van der Waals surface area contributed by atoms with Crippen LogP contribution >= 0.6 is 0 Å². The Morgan fingerprint density at radius 3 is 2.68 bits per heavy atom. The molecule has 1 aromatic carbocycles. The number of benzene rings is 1. The molecule has 0 saturated heterocycles. The van der Waals surface area contributed by atoms with Gasteiger partial charge in [-0.05, 0) is 43.2 Å². The number of aryl methyl sites for hydroxylation is 1. The lowest BCUT2D eigenvalue weighted by Crippen LogP contribution is -2.41. The number of hydrogen-bond donors (Lipinski definition) is 2. The third-order valence-corrected chi connectivity index (χ3v) is 6.13. The molecule has 2 aromatic heterocycles. The first-order valence-electron chi connectivity index (χ1n) is 11.0. The minimum Gasteiger partial charge on any atom is -0.349 e. The molecule has 162 valence electrons. The molecule has 1 aliphatic carbocycles. The highest BCUT2D eigenvalue weighted by molar-refractivity contribution is 5.96. The Balaban J connectivity index is 1.62. The van der Waals surface area contributed by atoms with Gasteiger partial charge in [0.25, 0.3) is 11.5 Å². The number of rotatable bonds is 7. The van der Waals surface area contributed by atoms with Gasteiger partial charge < -0.3 is 5.32 Å². The number of carbonyl (C=O) groups is 1. The number of amides is 1. The van der Waals surface area contributed by atoms with Crippen molar-refractivity contribution in [1.29, 1.82) is 0 Å². The van der Waals surface area contributed by atoms with Crippen molar-refractivity contribution in [3.8, 4) is 0 Å². The number of hydrogen-bond acceptors (Lipinski definition) is 4. The van der Waals surface area contributed by atoms with E-state index >= 15 is 0 Å². The number of fused-ring (bicyclic) bond motifs is 1. The molecule has 1 atom stereocenters. The first kappa shape index (κ1) is 21.0. The summed E-state index contributed by atoms with van der Waals surface area (Å²) >= 11 is 0. The molecule has 7 heteroatoms. The van der Waals surface area contributed by atoms with Crippen LogP contribution in [0.2, 0.25) is 0 Å². The molecule has 0 spiro atoms. The smallest absolute Gasteiger partial charge is 0.329 e. The van der Waals surface area contributed by atoms with Gasteiger partial charge in [0.05, 0.1) is 10.9 Å². The van der Waals surface area contributed by atoms with Crippen LogP contribution in [0.25, 0.3) is 11.0 Å². The first-order valence-corrected chi connectivity index (χ1v) is 11.0. The maximum atomic E-state index is 13.1. The lowest BCUT2D eigenvalue weighted by atomic mass is 9.92. The Bertz CT molecular complexity index is 1180. The molecule has 2 heterocycles. The summed E-state index contributed by atoms with van der Waals surface area (Å²) in [5.41, 5.74) is 0.829. The largest absolute Gasteiger partial charge is 0.349 e. The third-order valence-electron chi connectivity index (χ3n) is 6.13. The average molecular weight is 421 g/mol. The summed E-state index contributed by atoms with van der Waals surface area (Å²) in [7, 11) is 0. The van der Waals surface area contributed by atoms with Gasteiger partial charge >= 0.3 is 5.69 Å². The van der Waals surface area contributed by atoms with Crippen LogP contribution in [0.3, 0.4) is 0 Å². The number of nitrogens with zero attached hydrogens (tertiary/aromatic N) is 2. The van der Waals surface area contributed by atoms with E-state index in [1.165, 1.54) is 35.2 Å². The topological polar surface area (TPSA) is 96.9 Å². The number of H-pyrrole nitrogens is 1. The zero-order valence-corrected chi connectivity index (χ0v) is 17.8. The second kappa shape index (κ2) is 9.29. The van der Waals surface area contributed by atoms with Crippen molar-refractivity contribution >= 4 is 16.9 Å². The second-order valence-corrected chi connectivity index (χ2v) is 8.32. The predicted molar refractivity (Wildman–Crippen MR) is 120 cm³/mol. The third kappa shape index (κ3) is 4.60. The van der Waals surface area contributed by atoms with Crippen LogP contribution in [-0.4, -0.2) is 26.5 Å². The summed E-state index contributed by atoms with van der Waals surface area (Å²) in [5.74, 6) is 0.200. The fourth-order valence-corrected chi connectivity index (χ4v) is 4.54. The van der Waals surface area contributed by atoms with Gasteiger partial charge in [-0.15, -0.1) is 0 Å². The Morgan fingerprint density at radius 1 is 1.23 bits per heavy atom. The van der Waals surface area contributed by atoms with Gasteiger partial charge in [0.15, 0.2) is 0 Å². The number of aromatic nitrogens is 3. The zero-order valence-electron chi connectivity index (χ0n) is 17.8. The van der Waals surface area contributed by atoms with Crippen molar-refractivity contribution in [3.63, 3.8) is 0 Å². The molecule has 3 aromatic rings. The van der Waals surface area contributed by atoms with Crippen molar-refractivity contribution in [2.75, 3.05) is 0 Å². The van der Waals surface area contributed by atoms with Crippen molar-refractivity contribution in [2.45, 2.75) is 58.0 Å². The summed E-state index contributed by atoms with van der Waals surface area (Å²) in [6.07, 6.45) is 7.55. The Hall–Kier alpha value is -3.22. The van der Waals surface area contributed by atoms with Crippen LogP contribution in [0.1, 0.15) is 54.9 Å². The van der Waals surface area contributed by atoms with Crippen LogP contribution in [0, 0.1) is 5.92 Å². The molecule has 1 aliphatic rings. The molecule has 1 saturated carbocycles. The lowest BCUT2D eigenvalue weighted by molar-refractivity contribution is 0.0922. The van der Waals surface area contributed by atoms with E-state index in [1.807, 2.05) is 25.1 Å². The molecule has 0 bridgehead atoms. The van der Waals surface area contributed by atoms with Crippen molar-refractivity contribution in [2.24, 2.45) is 5.92 Å². The number of carbonyl (C=O) groups excluding carboxylic acids is 1. The molecule has 1 amide bonds. The molecule has 7 nitrogen and oxygen atoms in total. The van der Waals surface area contributed by atoms with Gasteiger partial charge in [-0.1, -0.05) is 50.1 Å². The summed E-state index contributed by atoms with van der Waals surface area (Å²) in [6.45, 7) is 2.40. The quantitative estimate of drug-likeness (QED) is 0.614. The highest BCUT2D eigenvalue weighted by Crippen LogP contribution is 2.29. The molecule has 0 aliphatic heterocycles. The van der Waals surface area contributed by atoms with Gasteiger partial charge in [0.2, 0.25) is 0 Å². The first-order chi connectivity index (χ1) is 15.1. The van der Waals surface area contributed by atoms with E-state index in [9.17, 15) is 14.4 Å². The SMILES string of the molecule is CCCn1c(=O)[nH]c(=O)c2cc(C(=O)NC(Cc3ccccc3)C3CCCC3)cnc21. The highest BCUT2D eigenvalue weighted by atomic mass is 16.2. The van der Waals surface area contributed by atoms with Crippen molar-refractivity contribution in [3.05, 3.63) is 74.6 Å². The Labute approximate surface area is 180 Å². The number of aromatic amines is 1. The molecule has 2 N–H and O–H groups in total. The van der Waals surface area contributed by atoms with Gasteiger partial charge in [-0.25, -0.2) is 9.78 Å². The zero-order chi connectivity index (χ0) is 21.8. The summed E-state index contributed by atoms with van der Waals surface area (Å²) < 4.78 is 1.44.